The van der Waals surface area contributed by atoms with Crippen LogP contribution in [0.25, 0.3) is 0 Å². The van der Waals surface area contributed by atoms with Crippen molar-refractivity contribution in [2.45, 2.75) is 20.0 Å². The molecule has 1 atom stereocenters. The van der Waals surface area contributed by atoms with Crippen LogP contribution in [0.15, 0.2) is 18.5 Å². The molecule has 1 rings (SSSR count). The van der Waals surface area contributed by atoms with E-state index < -0.39 is 0 Å². The first-order valence-electron chi connectivity index (χ1n) is 5.70. The molecule has 2 N–H and O–H groups in total. The zero-order chi connectivity index (χ0) is 12.7. The van der Waals surface area contributed by atoms with Gasteiger partial charge in [-0.15, -0.1) is 0 Å². The van der Waals surface area contributed by atoms with Gasteiger partial charge in [0, 0.05) is 38.3 Å². The molecule has 5 heteroatoms. The van der Waals surface area contributed by atoms with Crippen molar-refractivity contribution < 1.29 is 9.53 Å². The van der Waals surface area contributed by atoms with Crippen LogP contribution >= 0.6 is 0 Å². The van der Waals surface area contributed by atoms with Gasteiger partial charge in [-0.05, 0) is 19.9 Å². The average molecular weight is 237 g/mol. The molecular formula is C12H19N3O2. The first-order valence-corrected chi connectivity index (χ1v) is 5.70. The zero-order valence-electron chi connectivity index (χ0n) is 10.5. The smallest absolute Gasteiger partial charge is 0.255 e. The predicted octanol–water partition coefficient (Wildman–Crippen LogP) is 1.28. The second kappa shape index (κ2) is 6.85. The van der Waals surface area contributed by atoms with Crippen LogP contribution in [-0.4, -0.2) is 37.2 Å². The summed E-state index contributed by atoms with van der Waals surface area (Å²) < 4.78 is 5.34. The quantitative estimate of drug-likeness (QED) is 0.782. The second-order valence-corrected chi connectivity index (χ2v) is 3.65. The maximum absolute atomic E-state index is 11.9. The Kier molecular flexibility index (Phi) is 5.42. The van der Waals surface area contributed by atoms with Crippen LogP contribution in [0.1, 0.15) is 24.2 Å². The average Bonchev–Trinajstić information content (AvgIpc) is 2.36. The Labute approximate surface area is 102 Å². The van der Waals surface area contributed by atoms with Crippen molar-refractivity contribution in [3.8, 4) is 0 Å². The van der Waals surface area contributed by atoms with Crippen molar-refractivity contribution in [1.29, 1.82) is 0 Å². The minimum Gasteiger partial charge on any atom is -0.387 e. The van der Waals surface area contributed by atoms with Gasteiger partial charge in [-0.1, -0.05) is 0 Å². The molecule has 0 aromatic carbocycles. The number of hydrogen-bond donors (Lipinski definition) is 2. The highest BCUT2D eigenvalue weighted by molar-refractivity contribution is 5.99. The van der Waals surface area contributed by atoms with Gasteiger partial charge < -0.3 is 15.4 Å². The zero-order valence-corrected chi connectivity index (χ0v) is 10.5. The lowest BCUT2D eigenvalue weighted by Gasteiger charge is -2.13. The third-order valence-corrected chi connectivity index (χ3v) is 2.34. The molecular weight excluding hydrogens is 218 g/mol. The van der Waals surface area contributed by atoms with Crippen molar-refractivity contribution in [3.63, 3.8) is 0 Å². The molecule has 1 aromatic rings. The molecule has 0 aliphatic heterocycles. The third kappa shape index (κ3) is 4.03. The van der Waals surface area contributed by atoms with E-state index in [-0.39, 0.29) is 12.0 Å². The van der Waals surface area contributed by atoms with Gasteiger partial charge in [-0.2, -0.15) is 0 Å². The number of amides is 1. The number of nitrogens with one attached hydrogen (secondary N) is 2. The highest BCUT2D eigenvalue weighted by Gasteiger charge is 2.11. The molecule has 17 heavy (non-hydrogen) atoms. The van der Waals surface area contributed by atoms with Crippen LogP contribution in [-0.2, 0) is 4.74 Å². The number of rotatable bonds is 6. The summed E-state index contributed by atoms with van der Waals surface area (Å²) in [5, 5.41) is 5.77. The normalized spacial score (nSPS) is 11.9. The van der Waals surface area contributed by atoms with Crippen LogP contribution in [0.4, 0.5) is 5.69 Å². The van der Waals surface area contributed by atoms with E-state index in [4.69, 9.17) is 4.74 Å². The summed E-state index contributed by atoms with van der Waals surface area (Å²) in [4.78, 5) is 15.8. The molecule has 1 heterocycles. The highest BCUT2D eigenvalue weighted by atomic mass is 16.5. The van der Waals surface area contributed by atoms with E-state index in [2.05, 4.69) is 15.6 Å². The van der Waals surface area contributed by atoms with Gasteiger partial charge in [-0.25, -0.2) is 0 Å². The second-order valence-electron chi connectivity index (χ2n) is 3.65. The molecule has 0 aliphatic carbocycles. The van der Waals surface area contributed by atoms with Gasteiger partial charge >= 0.3 is 0 Å². The maximum Gasteiger partial charge on any atom is 0.255 e. The lowest BCUT2D eigenvalue weighted by atomic mass is 10.2. The van der Waals surface area contributed by atoms with Crippen LogP contribution < -0.4 is 10.6 Å². The Balaban J connectivity index is 2.58. The summed E-state index contributed by atoms with van der Waals surface area (Å²) in [6, 6.07) is 1.76. The molecule has 1 unspecified atom stereocenters. The fourth-order valence-electron chi connectivity index (χ4n) is 1.47. The van der Waals surface area contributed by atoms with E-state index in [9.17, 15) is 4.79 Å². The Morgan fingerprint density at radius 3 is 3.00 bits per heavy atom. The Morgan fingerprint density at radius 2 is 2.35 bits per heavy atom. The monoisotopic (exact) mass is 237 g/mol. The molecule has 0 fully saturated rings. The molecule has 1 amide bonds. The number of ether oxygens (including phenoxy) is 1. The van der Waals surface area contributed by atoms with Gasteiger partial charge in [0.2, 0.25) is 0 Å². The maximum atomic E-state index is 11.9. The first-order chi connectivity index (χ1) is 8.19. The van der Waals surface area contributed by atoms with Crippen molar-refractivity contribution >= 4 is 11.6 Å². The summed E-state index contributed by atoms with van der Waals surface area (Å²) in [6.45, 7) is 4.99. The van der Waals surface area contributed by atoms with E-state index in [1.54, 1.807) is 25.5 Å². The van der Waals surface area contributed by atoms with Crippen molar-refractivity contribution in [3.05, 3.63) is 24.0 Å². The van der Waals surface area contributed by atoms with E-state index in [0.29, 0.717) is 18.7 Å². The number of pyridine rings is 1. The minimum absolute atomic E-state index is 0.0126. The molecule has 0 saturated heterocycles. The summed E-state index contributed by atoms with van der Waals surface area (Å²) >= 11 is 0. The van der Waals surface area contributed by atoms with Crippen LogP contribution in [0.5, 0.6) is 0 Å². The number of hydrogen-bond acceptors (Lipinski definition) is 4. The highest BCUT2D eigenvalue weighted by Crippen LogP contribution is 2.11. The standard InChI is InChI=1S/C12H19N3O2/c1-4-17-9(2)7-15-12(16)10-8-14-6-5-11(10)13-3/h5-6,8-9H,4,7H2,1-3H3,(H,13,14)(H,15,16). The largest absolute Gasteiger partial charge is 0.387 e. The fraction of sp³-hybridized carbons (Fsp3) is 0.500. The first kappa shape index (κ1) is 13.4. The van der Waals surface area contributed by atoms with Gasteiger partial charge in [0.25, 0.3) is 5.91 Å². The van der Waals surface area contributed by atoms with Gasteiger partial charge in [0.1, 0.15) is 0 Å². The summed E-state index contributed by atoms with van der Waals surface area (Å²) in [5.41, 5.74) is 1.31. The Bertz CT molecular complexity index is 369. The topological polar surface area (TPSA) is 63.2 Å². The molecule has 0 radical (unpaired) electrons. The Hall–Kier alpha value is -1.62. The fourth-order valence-corrected chi connectivity index (χ4v) is 1.47. The van der Waals surface area contributed by atoms with Gasteiger partial charge in [0.05, 0.1) is 11.7 Å². The molecule has 0 saturated carbocycles. The van der Waals surface area contributed by atoms with Crippen molar-refractivity contribution in [1.82, 2.24) is 10.3 Å². The van der Waals surface area contributed by atoms with E-state index in [1.807, 2.05) is 13.8 Å². The SMILES string of the molecule is CCOC(C)CNC(=O)c1cnccc1NC. The lowest BCUT2D eigenvalue weighted by molar-refractivity contribution is 0.0695. The number of carbonyl (C=O) groups excluding carboxylic acids is 1. The molecule has 1 aromatic heterocycles. The molecule has 0 aliphatic rings. The number of aromatic nitrogens is 1. The number of carbonyl (C=O) groups is 1. The van der Waals surface area contributed by atoms with E-state index in [1.165, 1.54) is 0 Å². The summed E-state index contributed by atoms with van der Waals surface area (Å²) in [6.07, 6.45) is 3.21. The number of nitrogens with zero attached hydrogens (tertiary/aromatic N) is 1. The summed E-state index contributed by atoms with van der Waals surface area (Å²) in [7, 11) is 1.77. The predicted molar refractivity (Wildman–Crippen MR) is 67.2 cm³/mol. The van der Waals surface area contributed by atoms with E-state index >= 15 is 0 Å². The van der Waals surface area contributed by atoms with E-state index in [0.717, 1.165) is 5.69 Å². The molecule has 0 bridgehead atoms. The van der Waals surface area contributed by atoms with Gasteiger partial charge in [-0.3, -0.25) is 9.78 Å². The third-order valence-electron chi connectivity index (χ3n) is 2.34. The lowest BCUT2D eigenvalue weighted by Crippen LogP contribution is -2.32. The summed E-state index contributed by atoms with van der Waals surface area (Å²) in [5.74, 6) is -0.144. The van der Waals surface area contributed by atoms with Crippen LogP contribution in [0, 0.1) is 0 Å². The van der Waals surface area contributed by atoms with Crippen LogP contribution in [0.3, 0.4) is 0 Å². The van der Waals surface area contributed by atoms with Crippen molar-refractivity contribution in [2.75, 3.05) is 25.5 Å². The van der Waals surface area contributed by atoms with Gasteiger partial charge in [0.15, 0.2) is 0 Å². The van der Waals surface area contributed by atoms with Crippen LogP contribution in [0.2, 0.25) is 0 Å². The molecule has 5 nitrogen and oxygen atoms in total. The molecule has 94 valence electrons. The Morgan fingerprint density at radius 1 is 1.59 bits per heavy atom. The van der Waals surface area contributed by atoms with Crippen molar-refractivity contribution in [2.24, 2.45) is 0 Å². The number of anilines is 1. The molecule has 0 spiro atoms. The minimum atomic E-state index is -0.144.